The number of nitrogens with two attached hydrogens (primary N) is 1. The van der Waals surface area contributed by atoms with Crippen molar-refractivity contribution < 1.29 is 4.79 Å². The summed E-state index contributed by atoms with van der Waals surface area (Å²) in [5.41, 5.74) is 6.72. The Balaban J connectivity index is 2.87. The molecule has 5 heteroatoms. The summed E-state index contributed by atoms with van der Waals surface area (Å²) in [5, 5.41) is 0. The molecule has 0 atom stereocenters. The van der Waals surface area contributed by atoms with Crippen molar-refractivity contribution in [1.29, 1.82) is 0 Å². The van der Waals surface area contributed by atoms with Gasteiger partial charge in [0, 0.05) is 33.8 Å². The number of amides is 1. The van der Waals surface area contributed by atoms with Crippen molar-refractivity contribution in [3.8, 4) is 0 Å². The number of rotatable bonds is 3. The Morgan fingerprint density at radius 2 is 1.83 bits per heavy atom. The second kappa shape index (κ2) is 6.05. The normalized spacial score (nSPS) is 9.78. The van der Waals surface area contributed by atoms with Crippen molar-refractivity contribution >= 4 is 11.9 Å². The first-order valence-corrected chi connectivity index (χ1v) is 5.69. The second-order valence-electron chi connectivity index (χ2n) is 4.47. The van der Waals surface area contributed by atoms with Gasteiger partial charge in [0.25, 0.3) is 0 Å². The van der Waals surface area contributed by atoms with E-state index in [0.29, 0.717) is 12.1 Å². The van der Waals surface area contributed by atoms with E-state index in [1.807, 2.05) is 50.1 Å². The molecule has 0 aliphatic carbocycles. The zero-order chi connectivity index (χ0) is 13.7. The van der Waals surface area contributed by atoms with Crippen molar-refractivity contribution in [3.05, 3.63) is 35.4 Å². The minimum Gasteiger partial charge on any atom is -0.366 e. The molecule has 1 rings (SSSR count). The summed E-state index contributed by atoms with van der Waals surface area (Å²) < 4.78 is 0. The van der Waals surface area contributed by atoms with Crippen LogP contribution in [0.1, 0.15) is 15.9 Å². The maximum Gasteiger partial charge on any atom is 0.248 e. The molecule has 0 fully saturated rings. The standard InChI is InChI=1S/C13H20N4O/c1-16(2)13(17(3)4)15-9-10-6-5-7-11(8-10)12(14)18/h5-8H,9H2,1-4H3,(H2,14,18). The quantitative estimate of drug-likeness (QED) is 0.634. The molecule has 0 spiro atoms. The lowest BCUT2D eigenvalue weighted by Gasteiger charge is -2.22. The maximum absolute atomic E-state index is 11.1. The number of benzene rings is 1. The Bertz CT molecular complexity index is 442. The van der Waals surface area contributed by atoms with Gasteiger partial charge in [0.1, 0.15) is 0 Å². The van der Waals surface area contributed by atoms with Crippen molar-refractivity contribution in [1.82, 2.24) is 9.80 Å². The summed E-state index contributed by atoms with van der Waals surface area (Å²) in [4.78, 5) is 19.5. The van der Waals surface area contributed by atoms with Crippen molar-refractivity contribution in [2.24, 2.45) is 10.7 Å². The van der Waals surface area contributed by atoms with Crippen LogP contribution in [0.3, 0.4) is 0 Å². The van der Waals surface area contributed by atoms with Crippen LogP contribution in [0, 0.1) is 0 Å². The zero-order valence-electron chi connectivity index (χ0n) is 11.3. The molecule has 1 aromatic carbocycles. The van der Waals surface area contributed by atoms with Gasteiger partial charge in [0.15, 0.2) is 5.96 Å². The highest BCUT2D eigenvalue weighted by Crippen LogP contribution is 2.06. The fourth-order valence-electron chi connectivity index (χ4n) is 1.67. The van der Waals surface area contributed by atoms with Crippen LogP contribution in [0.25, 0.3) is 0 Å². The third-order valence-corrected chi connectivity index (χ3v) is 2.41. The number of guanidine groups is 1. The Kier molecular flexibility index (Phi) is 4.71. The molecule has 98 valence electrons. The molecule has 0 aromatic heterocycles. The van der Waals surface area contributed by atoms with Gasteiger partial charge in [-0.3, -0.25) is 4.79 Å². The largest absolute Gasteiger partial charge is 0.366 e. The number of hydrogen-bond acceptors (Lipinski definition) is 2. The highest BCUT2D eigenvalue weighted by Gasteiger charge is 2.05. The topological polar surface area (TPSA) is 61.9 Å². The summed E-state index contributed by atoms with van der Waals surface area (Å²) in [6, 6.07) is 7.22. The molecule has 0 bridgehead atoms. The van der Waals surface area contributed by atoms with E-state index in [1.54, 1.807) is 12.1 Å². The second-order valence-corrected chi connectivity index (χ2v) is 4.47. The van der Waals surface area contributed by atoms with Gasteiger partial charge >= 0.3 is 0 Å². The summed E-state index contributed by atoms with van der Waals surface area (Å²) in [5.74, 6) is 0.459. The van der Waals surface area contributed by atoms with Crippen molar-refractivity contribution in [2.75, 3.05) is 28.2 Å². The molecule has 1 amide bonds. The molecule has 5 nitrogen and oxygen atoms in total. The fourth-order valence-corrected chi connectivity index (χ4v) is 1.67. The Hall–Kier alpha value is -2.04. The maximum atomic E-state index is 11.1. The van der Waals surface area contributed by atoms with Crippen LogP contribution < -0.4 is 5.73 Å². The predicted molar refractivity (Wildman–Crippen MR) is 73.5 cm³/mol. The Morgan fingerprint density at radius 3 is 2.33 bits per heavy atom. The first-order chi connectivity index (χ1) is 8.41. The van der Waals surface area contributed by atoms with Crippen LogP contribution in [0.15, 0.2) is 29.3 Å². The van der Waals surface area contributed by atoms with Gasteiger partial charge in [-0.05, 0) is 17.7 Å². The lowest BCUT2D eigenvalue weighted by atomic mass is 10.1. The van der Waals surface area contributed by atoms with Gasteiger partial charge < -0.3 is 15.5 Å². The summed E-state index contributed by atoms with van der Waals surface area (Å²) in [6.45, 7) is 0.521. The van der Waals surface area contributed by atoms with Gasteiger partial charge in [-0.15, -0.1) is 0 Å². The van der Waals surface area contributed by atoms with E-state index in [0.717, 1.165) is 11.5 Å². The number of hydrogen-bond donors (Lipinski definition) is 1. The lowest BCUT2D eigenvalue weighted by molar-refractivity contribution is 0.1000. The number of aliphatic imine (C=N–C) groups is 1. The molecule has 0 aliphatic rings. The molecule has 0 saturated heterocycles. The minimum absolute atomic E-state index is 0.415. The summed E-state index contributed by atoms with van der Waals surface area (Å²) >= 11 is 0. The zero-order valence-corrected chi connectivity index (χ0v) is 11.3. The van der Waals surface area contributed by atoms with E-state index in [9.17, 15) is 4.79 Å². The molecule has 1 aromatic rings. The van der Waals surface area contributed by atoms with E-state index < -0.39 is 5.91 Å². The van der Waals surface area contributed by atoms with Crippen LogP contribution in [0.5, 0.6) is 0 Å². The van der Waals surface area contributed by atoms with Gasteiger partial charge in [-0.25, -0.2) is 4.99 Å². The Morgan fingerprint density at radius 1 is 1.22 bits per heavy atom. The molecule has 0 heterocycles. The van der Waals surface area contributed by atoms with E-state index in [4.69, 9.17) is 5.73 Å². The highest BCUT2D eigenvalue weighted by molar-refractivity contribution is 5.92. The minimum atomic E-state index is -0.415. The van der Waals surface area contributed by atoms with Crippen LogP contribution in [-0.2, 0) is 6.54 Å². The van der Waals surface area contributed by atoms with Gasteiger partial charge in [-0.1, -0.05) is 12.1 Å². The number of primary amides is 1. The first-order valence-electron chi connectivity index (χ1n) is 5.69. The van der Waals surface area contributed by atoms with Gasteiger partial charge in [-0.2, -0.15) is 0 Å². The number of carbonyl (C=O) groups is 1. The van der Waals surface area contributed by atoms with Gasteiger partial charge in [0.2, 0.25) is 5.91 Å². The number of nitrogens with zero attached hydrogens (tertiary/aromatic N) is 3. The SMILES string of the molecule is CN(C)C(=NCc1cccc(C(N)=O)c1)N(C)C. The predicted octanol–water partition coefficient (Wildman–Crippen LogP) is 0.765. The lowest BCUT2D eigenvalue weighted by Crippen LogP contribution is -2.35. The van der Waals surface area contributed by atoms with Crippen LogP contribution >= 0.6 is 0 Å². The summed E-state index contributed by atoms with van der Waals surface area (Å²) in [7, 11) is 7.77. The highest BCUT2D eigenvalue weighted by atomic mass is 16.1. The van der Waals surface area contributed by atoms with E-state index >= 15 is 0 Å². The third-order valence-electron chi connectivity index (χ3n) is 2.41. The number of carbonyl (C=O) groups excluding carboxylic acids is 1. The molecule has 18 heavy (non-hydrogen) atoms. The average molecular weight is 248 g/mol. The molecule has 0 radical (unpaired) electrons. The van der Waals surface area contributed by atoms with E-state index in [-0.39, 0.29) is 0 Å². The van der Waals surface area contributed by atoms with E-state index in [1.165, 1.54) is 0 Å². The average Bonchev–Trinajstić information content (AvgIpc) is 2.28. The molecular formula is C13H20N4O. The van der Waals surface area contributed by atoms with Crippen molar-refractivity contribution in [2.45, 2.75) is 6.54 Å². The molecule has 0 aliphatic heterocycles. The van der Waals surface area contributed by atoms with Crippen molar-refractivity contribution in [3.63, 3.8) is 0 Å². The molecule has 0 saturated carbocycles. The fraction of sp³-hybridized carbons (Fsp3) is 0.385. The Labute approximate surface area is 108 Å². The molecule has 0 unspecified atom stereocenters. The molecular weight excluding hydrogens is 228 g/mol. The smallest absolute Gasteiger partial charge is 0.248 e. The first kappa shape index (κ1) is 14.0. The van der Waals surface area contributed by atoms with Gasteiger partial charge in [0.05, 0.1) is 6.54 Å². The third kappa shape index (κ3) is 3.76. The summed E-state index contributed by atoms with van der Waals surface area (Å²) in [6.07, 6.45) is 0. The monoisotopic (exact) mass is 248 g/mol. The van der Waals surface area contributed by atoms with Crippen LogP contribution in [-0.4, -0.2) is 49.9 Å². The van der Waals surface area contributed by atoms with Crippen LogP contribution in [0.2, 0.25) is 0 Å². The molecule has 2 N–H and O–H groups in total. The van der Waals surface area contributed by atoms with Crippen LogP contribution in [0.4, 0.5) is 0 Å². The van der Waals surface area contributed by atoms with E-state index in [2.05, 4.69) is 4.99 Å².